The largest absolute Gasteiger partial charge is 0.397 e. The number of amides is 2. The van der Waals surface area contributed by atoms with Crippen LogP contribution in [-0.4, -0.2) is 36.9 Å². The minimum atomic E-state index is -0.243. The van der Waals surface area contributed by atoms with Crippen molar-refractivity contribution >= 4 is 35.0 Å². The monoisotopic (exact) mass is 454 g/mol. The van der Waals surface area contributed by atoms with Gasteiger partial charge in [0, 0.05) is 30.8 Å². The van der Waals surface area contributed by atoms with Crippen molar-refractivity contribution in [1.82, 2.24) is 4.90 Å². The number of anilines is 3. The van der Waals surface area contributed by atoms with Gasteiger partial charge in [0.2, 0.25) is 11.8 Å². The summed E-state index contributed by atoms with van der Waals surface area (Å²) in [7, 11) is 2.04. The average Bonchev–Trinajstić information content (AvgIpc) is 3.23. The minimum Gasteiger partial charge on any atom is -0.397 e. The van der Waals surface area contributed by atoms with Crippen molar-refractivity contribution in [3.05, 3.63) is 95.6 Å². The van der Waals surface area contributed by atoms with Crippen LogP contribution in [0.5, 0.6) is 0 Å². The van der Waals surface area contributed by atoms with Crippen molar-refractivity contribution in [2.24, 2.45) is 5.92 Å². The summed E-state index contributed by atoms with van der Waals surface area (Å²) in [5.74, 6) is -0.223. The lowest BCUT2D eigenvalue weighted by Gasteiger charge is -2.19. The van der Waals surface area contributed by atoms with Gasteiger partial charge in [-0.05, 0) is 55.4 Å². The molecule has 0 saturated carbocycles. The summed E-state index contributed by atoms with van der Waals surface area (Å²) in [5.41, 5.74) is 11.0. The summed E-state index contributed by atoms with van der Waals surface area (Å²) < 4.78 is 0. The van der Waals surface area contributed by atoms with Crippen LogP contribution in [0.25, 0.3) is 6.08 Å². The number of aryl methyl sites for hydroxylation is 1. The molecule has 2 unspecified atom stereocenters. The van der Waals surface area contributed by atoms with Gasteiger partial charge in [-0.15, -0.1) is 0 Å². The summed E-state index contributed by atoms with van der Waals surface area (Å²) in [5, 5.41) is 5.85. The summed E-state index contributed by atoms with van der Waals surface area (Å²) in [4.78, 5) is 27.5. The number of nitrogen functional groups attached to an aromatic ring is 1. The van der Waals surface area contributed by atoms with Crippen molar-refractivity contribution < 1.29 is 9.59 Å². The first-order chi connectivity index (χ1) is 16.4. The highest BCUT2D eigenvalue weighted by Crippen LogP contribution is 2.33. The molecule has 3 aromatic rings. The average molecular weight is 455 g/mol. The summed E-state index contributed by atoms with van der Waals surface area (Å²) in [6, 6.07) is 23.0. The second-order valence-electron chi connectivity index (χ2n) is 8.87. The fraction of sp³-hybridized carbons (Fsp3) is 0.214. The molecule has 0 radical (unpaired) electrons. The van der Waals surface area contributed by atoms with E-state index in [4.69, 9.17) is 5.73 Å². The Bertz CT molecular complexity index is 1190. The Kier molecular flexibility index (Phi) is 7.09. The molecule has 1 heterocycles. The van der Waals surface area contributed by atoms with Crippen molar-refractivity contribution in [3.8, 4) is 0 Å². The van der Waals surface area contributed by atoms with Crippen LogP contribution in [0.1, 0.15) is 22.6 Å². The molecule has 1 saturated heterocycles. The minimum absolute atomic E-state index is 0.0408. The zero-order chi connectivity index (χ0) is 24.1. The third-order valence-electron chi connectivity index (χ3n) is 6.17. The Hall–Kier alpha value is -3.90. The van der Waals surface area contributed by atoms with Crippen molar-refractivity contribution in [1.29, 1.82) is 0 Å². The Morgan fingerprint density at radius 3 is 2.35 bits per heavy atom. The number of carbonyl (C=O) groups is 2. The molecule has 4 N–H and O–H groups in total. The molecular formula is C28H30N4O2. The Morgan fingerprint density at radius 2 is 1.65 bits per heavy atom. The summed E-state index contributed by atoms with van der Waals surface area (Å²) in [6.45, 7) is 3.56. The van der Waals surface area contributed by atoms with Crippen LogP contribution in [0.2, 0.25) is 0 Å². The van der Waals surface area contributed by atoms with E-state index in [9.17, 15) is 9.59 Å². The lowest BCUT2D eigenvalue weighted by atomic mass is 9.88. The fourth-order valence-electron chi connectivity index (χ4n) is 4.29. The number of nitrogens with two attached hydrogens (primary N) is 1. The number of nitrogens with one attached hydrogen (secondary N) is 2. The first-order valence-electron chi connectivity index (χ1n) is 11.4. The normalized spacial score (nSPS) is 18.2. The van der Waals surface area contributed by atoms with E-state index < -0.39 is 0 Å². The standard InChI is InChI=1S/C28H30N4O2/c1-19-7-14-22(15-8-19)30-28(34)24-18-32(2)17-23(24)21-12-9-20(10-13-21)11-16-27(33)31-26-6-4-3-5-25(26)29/h3-16,23-24H,17-18,29H2,1-2H3,(H,30,34)(H,31,33)/b16-11+. The van der Waals surface area contributed by atoms with E-state index >= 15 is 0 Å². The predicted octanol–water partition coefficient (Wildman–Crippen LogP) is 4.51. The highest BCUT2D eigenvalue weighted by molar-refractivity contribution is 6.03. The number of hydrogen-bond donors (Lipinski definition) is 3. The second-order valence-corrected chi connectivity index (χ2v) is 8.87. The van der Waals surface area contributed by atoms with Crippen LogP contribution in [-0.2, 0) is 9.59 Å². The van der Waals surface area contributed by atoms with Gasteiger partial charge >= 0.3 is 0 Å². The quantitative estimate of drug-likeness (QED) is 0.378. The first kappa shape index (κ1) is 23.3. The van der Waals surface area contributed by atoms with Crippen LogP contribution in [0.15, 0.2) is 78.9 Å². The molecule has 0 aromatic heterocycles. The molecule has 0 bridgehead atoms. The van der Waals surface area contributed by atoms with Crippen LogP contribution < -0.4 is 16.4 Å². The molecule has 1 aliphatic rings. The highest BCUT2D eigenvalue weighted by atomic mass is 16.2. The van der Waals surface area contributed by atoms with Gasteiger partial charge in [0.05, 0.1) is 17.3 Å². The van der Waals surface area contributed by atoms with E-state index in [1.807, 2.05) is 74.6 Å². The molecule has 0 spiro atoms. The van der Waals surface area contributed by atoms with Gasteiger partial charge < -0.3 is 21.3 Å². The Labute approximate surface area is 200 Å². The second kappa shape index (κ2) is 10.4. The number of benzene rings is 3. The van der Waals surface area contributed by atoms with Crippen LogP contribution >= 0.6 is 0 Å². The maximum atomic E-state index is 13.0. The van der Waals surface area contributed by atoms with E-state index in [0.717, 1.165) is 28.9 Å². The van der Waals surface area contributed by atoms with Gasteiger partial charge in [-0.3, -0.25) is 9.59 Å². The van der Waals surface area contributed by atoms with Crippen LogP contribution in [0.4, 0.5) is 17.1 Å². The highest BCUT2D eigenvalue weighted by Gasteiger charge is 2.36. The Balaban J connectivity index is 1.40. The predicted molar refractivity (Wildman–Crippen MR) is 138 cm³/mol. The SMILES string of the molecule is Cc1ccc(NC(=O)C2CN(C)CC2c2ccc(/C=C/C(=O)Nc3ccccc3N)cc2)cc1. The van der Waals surface area contributed by atoms with Crippen molar-refractivity contribution in [2.45, 2.75) is 12.8 Å². The van der Waals surface area contributed by atoms with Gasteiger partial charge in [0.1, 0.15) is 0 Å². The Morgan fingerprint density at radius 1 is 0.941 bits per heavy atom. The van der Waals surface area contributed by atoms with E-state index in [2.05, 4.69) is 15.5 Å². The smallest absolute Gasteiger partial charge is 0.248 e. The fourth-order valence-corrected chi connectivity index (χ4v) is 4.29. The molecule has 4 rings (SSSR count). The molecule has 3 aromatic carbocycles. The summed E-state index contributed by atoms with van der Waals surface area (Å²) in [6.07, 6.45) is 3.25. The summed E-state index contributed by atoms with van der Waals surface area (Å²) >= 11 is 0. The molecule has 174 valence electrons. The van der Waals surface area contributed by atoms with E-state index in [0.29, 0.717) is 17.9 Å². The molecule has 6 heteroatoms. The van der Waals surface area contributed by atoms with Gasteiger partial charge in [-0.2, -0.15) is 0 Å². The molecular weight excluding hydrogens is 424 g/mol. The van der Waals surface area contributed by atoms with E-state index in [-0.39, 0.29) is 23.7 Å². The molecule has 1 fully saturated rings. The molecule has 2 amide bonds. The van der Waals surface area contributed by atoms with Crippen LogP contribution in [0, 0.1) is 12.8 Å². The zero-order valence-electron chi connectivity index (χ0n) is 19.5. The number of carbonyl (C=O) groups excluding carboxylic acids is 2. The zero-order valence-corrected chi connectivity index (χ0v) is 19.5. The van der Waals surface area contributed by atoms with Gasteiger partial charge in [-0.25, -0.2) is 0 Å². The number of hydrogen-bond acceptors (Lipinski definition) is 4. The number of likely N-dealkylation sites (N-methyl/N-ethyl adjacent to an activating group) is 1. The maximum Gasteiger partial charge on any atom is 0.248 e. The van der Waals surface area contributed by atoms with Gasteiger partial charge in [-0.1, -0.05) is 54.1 Å². The lowest BCUT2D eigenvalue weighted by molar-refractivity contribution is -0.119. The third-order valence-corrected chi connectivity index (χ3v) is 6.17. The number of para-hydroxylation sites is 2. The number of likely N-dealkylation sites (tertiary alicyclic amines) is 1. The maximum absolute atomic E-state index is 13.0. The molecule has 0 aliphatic carbocycles. The van der Waals surface area contributed by atoms with E-state index in [1.54, 1.807) is 18.2 Å². The molecule has 34 heavy (non-hydrogen) atoms. The van der Waals surface area contributed by atoms with Crippen molar-refractivity contribution in [3.63, 3.8) is 0 Å². The van der Waals surface area contributed by atoms with Gasteiger partial charge in [0.25, 0.3) is 0 Å². The first-order valence-corrected chi connectivity index (χ1v) is 11.4. The van der Waals surface area contributed by atoms with Gasteiger partial charge in [0.15, 0.2) is 0 Å². The van der Waals surface area contributed by atoms with Crippen molar-refractivity contribution in [2.75, 3.05) is 36.5 Å². The van der Waals surface area contributed by atoms with Crippen LogP contribution in [0.3, 0.4) is 0 Å². The third kappa shape index (κ3) is 5.71. The molecule has 1 aliphatic heterocycles. The molecule has 2 atom stereocenters. The topological polar surface area (TPSA) is 87.5 Å². The lowest BCUT2D eigenvalue weighted by Crippen LogP contribution is -2.28. The van der Waals surface area contributed by atoms with E-state index in [1.165, 1.54) is 6.08 Å². The number of rotatable bonds is 6. The number of nitrogens with zero attached hydrogens (tertiary/aromatic N) is 1. The molecule has 6 nitrogen and oxygen atoms in total.